The number of nitrogens with zero attached hydrogens (tertiary/aromatic N) is 3. The summed E-state index contributed by atoms with van der Waals surface area (Å²) in [6.07, 6.45) is 1.47. The number of nitrogens with one attached hydrogen (secondary N) is 1. The number of aromatic nitrogens is 2. The van der Waals surface area contributed by atoms with Gasteiger partial charge in [0.1, 0.15) is 17.8 Å². The molecule has 1 aliphatic rings. The molecule has 0 saturated carbocycles. The lowest BCUT2D eigenvalue weighted by molar-refractivity contribution is -0.142. The molecule has 0 spiro atoms. The highest BCUT2D eigenvalue weighted by molar-refractivity contribution is 9.10. The van der Waals surface area contributed by atoms with Crippen LogP contribution in [0.15, 0.2) is 45.8 Å². The molecule has 1 fully saturated rings. The van der Waals surface area contributed by atoms with Crippen LogP contribution >= 0.6 is 39.1 Å². The maximum Gasteiger partial charge on any atom is 0.265 e. The summed E-state index contributed by atoms with van der Waals surface area (Å²) in [7, 11) is 0. The van der Waals surface area contributed by atoms with E-state index in [1.54, 1.807) is 29.2 Å². The molecule has 4 rings (SSSR count). The van der Waals surface area contributed by atoms with Crippen molar-refractivity contribution in [3.63, 3.8) is 0 Å². The minimum absolute atomic E-state index is 0.0541. The minimum atomic E-state index is -0.602. The van der Waals surface area contributed by atoms with Gasteiger partial charge in [0, 0.05) is 36.2 Å². The van der Waals surface area contributed by atoms with Gasteiger partial charge in [0.05, 0.1) is 9.50 Å². The number of carbonyl (C=O) groups excluding carboxylic acids is 2. The SMILES string of the molecule is CC1(C)CN(C(=O)Cn2c(=O)c(C(=O)NCc3ccc(Cl)cc3)cc3c(Cl)c(Br)cnc32)C1. The lowest BCUT2D eigenvalue weighted by atomic mass is 9.84. The Hall–Kier alpha value is -2.42. The number of likely N-dealkylation sites (tertiary alicyclic amines) is 1. The molecule has 2 amide bonds. The predicted molar refractivity (Wildman–Crippen MR) is 132 cm³/mol. The molecule has 2 aromatic heterocycles. The van der Waals surface area contributed by atoms with Crippen LogP contribution < -0.4 is 10.9 Å². The number of rotatable bonds is 5. The minimum Gasteiger partial charge on any atom is -0.348 e. The monoisotopic (exact) mass is 550 g/mol. The number of carbonyl (C=O) groups is 2. The third-order valence-electron chi connectivity index (χ3n) is 5.50. The quantitative estimate of drug-likeness (QED) is 0.513. The number of halogens is 3. The van der Waals surface area contributed by atoms with Crippen LogP contribution in [0.3, 0.4) is 0 Å². The molecule has 3 heterocycles. The van der Waals surface area contributed by atoms with Crippen molar-refractivity contribution in [3.05, 3.63) is 72.5 Å². The Bertz CT molecular complexity index is 1310. The molecule has 33 heavy (non-hydrogen) atoms. The van der Waals surface area contributed by atoms with E-state index in [9.17, 15) is 14.4 Å². The van der Waals surface area contributed by atoms with E-state index < -0.39 is 11.5 Å². The summed E-state index contributed by atoms with van der Waals surface area (Å²) in [5.41, 5.74) is 0.408. The van der Waals surface area contributed by atoms with E-state index in [0.29, 0.717) is 33.0 Å². The average molecular weight is 552 g/mol. The lowest BCUT2D eigenvalue weighted by Crippen LogP contribution is -2.56. The summed E-state index contributed by atoms with van der Waals surface area (Å²) in [5, 5.41) is 4.04. The van der Waals surface area contributed by atoms with Gasteiger partial charge in [-0.1, -0.05) is 49.2 Å². The first-order valence-corrected chi connectivity index (χ1v) is 11.8. The third kappa shape index (κ3) is 4.93. The zero-order valence-corrected chi connectivity index (χ0v) is 21.1. The van der Waals surface area contributed by atoms with E-state index in [1.807, 2.05) is 0 Å². The van der Waals surface area contributed by atoms with Crippen molar-refractivity contribution >= 4 is 62.0 Å². The Kier molecular flexibility index (Phi) is 6.53. The molecule has 10 heteroatoms. The van der Waals surface area contributed by atoms with Crippen molar-refractivity contribution in [1.29, 1.82) is 0 Å². The van der Waals surface area contributed by atoms with Crippen LogP contribution in [-0.4, -0.2) is 39.4 Å². The number of amides is 2. The number of fused-ring (bicyclic) bond motifs is 1. The number of hydrogen-bond acceptors (Lipinski definition) is 4. The molecule has 0 aliphatic carbocycles. The van der Waals surface area contributed by atoms with E-state index in [1.165, 1.54) is 16.8 Å². The van der Waals surface area contributed by atoms with Crippen molar-refractivity contribution in [2.24, 2.45) is 5.41 Å². The van der Waals surface area contributed by atoms with Crippen molar-refractivity contribution in [2.75, 3.05) is 13.1 Å². The Morgan fingerprint density at radius 3 is 2.48 bits per heavy atom. The molecule has 0 atom stereocenters. The summed E-state index contributed by atoms with van der Waals surface area (Å²) < 4.78 is 1.74. The summed E-state index contributed by atoms with van der Waals surface area (Å²) >= 11 is 15.7. The molecule has 1 N–H and O–H groups in total. The van der Waals surface area contributed by atoms with Crippen LogP contribution in [0.25, 0.3) is 11.0 Å². The third-order valence-corrected chi connectivity index (χ3v) is 6.99. The zero-order valence-electron chi connectivity index (χ0n) is 18.0. The molecule has 0 radical (unpaired) electrons. The fourth-order valence-electron chi connectivity index (χ4n) is 3.85. The van der Waals surface area contributed by atoms with Gasteiger partial charge in [-0.15, -0.1) is 0 Å². The topological polar surface area (TPSA) is 84.3 Å². The Morgan fingerprint density at radius 1 is 1.18 bits per heavy atom. The highest BCUT2D eigenvalue weighted by atomic mass is 79.9. The second-order valence-electron chi connectivity index (χ2n) is 8.83. The van der Waals surface area contributed by atoms with Crippen molar-refractivity contribution < 1.29 is 9.59 Å². The van der Waals surface area contributed by atoms with Gasteiger partial charge in [0.2, 0.25) is 5.91 Å². The number of pyridine rings is 2. The first-order chi connectivity index (χ1) is 15.6. The summed E-state index contributed by atoms with van der Waals surface area (Å²) in [4.78, 5) is 45.1. The van der Waals surface area contributed by atoms with Crippen LogP contribution in [0.1, 0.15) is 29.8 Å². The fourth-order valence-corrected chi connectivity index (χ4v) is 4.48. The molecule has 0 unspecified atom stereocenters. The lowest BCUT2D eigenvalue weighted by Gasteiger charge is -2.45. The standard InChI is InChI=1S/C23H21BrCl2N4O3/c1-23(2)11-29(12-23)18(31)10-30-20-15(19(26)17(24)9-27-20)7-16(22(30)33)21(32)28-8-13-3-5-14(25)6-4-13/h3-7,9H,8,10-12H2,1-2H3,(H,28,32). The van der Waals surface area contributed by atoms with Gasteiger partial charge in [-0.2, -0.15) is 0 Å². The fraction of sp³-hybridized carbons (Fsp3) is 0.304. The molecule has 7 nitrogen and oxygen atoms in total. The van der Waals surface area contributed by atoms with Crippen molar-refractivity contribution in [2.45, 2.75) is 26.9 Å². The highest BCUT2D eigenvalue weighted by Crippen LogP contribution is 2.31. The van der Waals surface area contributed by atoms with Gasteiger partial charge in [-0.3, -0.25) is 19.0 Å². The molecular weight excluding hydrogens is 531 g/mol. The smallest absolute Gasteiger partial charge is 0.265 e. The van der Waals surface area contributed by atoms with E-state index in [-0.39, 0.29) is 35.6 Å². The van der Waals surface area contributed by atoms with Crippen molar-refractivity contribution in [1.82, 2.24) is 19.8 Å². The molecule has 172 valence electrons. The van der Waals surface area contributed by atoms with Gasteiger partial charge in [-0.25, -0.2) is 4.98 Å². The van der Waals surface area contributed by atoms with Gasteiger partial charge >= 0.3 is 0 Å². The van der Waals surface area contributed by atoms with Gasteiger partial charge in [-0.05, 0) is 45.1 Å². The van der Waals surface area contributed by atoms with Crippen LogP contribution in [0.2, 0.25) is 10.0 Å². The van der Waals surface area contributed by atoms with Gasteiger partial charge < -0.3 is 10.2 Å². The number of hydrogen-bond donors (Lipinski definition) is 1. The first kappa shape index (κ1) is 23.7. The highest BCUT2D eigenvalue weighted by Gasteiger charge is 2.37. The molecule has 3 aromatic rings. The van der Waals surface area contributed by atoms with E-state index in [0.717, 1.165) is 5.56 Å². The second-order valence-corrected chi connectivity index (χ2v) is 10.5. The van der Waals surface area contributed by atoms with E-state index >= 15 is 0 Å². The van der Waals surface area contributed by atoms with Crippen LogP contribution in [-0.2, 0) is 17.9 Å². The van der Waals surface area contributed by atoms with Crippen molar-refractivity contribution in [3.8, 4) is 0 Å². The molecule has 1 aliphatic heterocycles. The molecule has 1 aromatic carbocycles. The maximum absolute atomic E-state index is 13.3. The predicted octanol–water partition coefficient (Wildman–Crippen LogP) is 4.26. The normalized spacial score (nSPS) is 14.8. The number of benzene rings is 1. The first-order valence-electron chi connectivity index (χ1n) is 10.2. The van der Waals surface area contributed by atoms with E-state index in [4.69, 9.17) is 23.2 Å². The summed E-state index contributed by atoms with van der Waals surface area (Å²) in [6.45, 7) is 5.35. The zero-order chi connectivity index (χ0) is 23.9. The van der Waals surface area contributed by atoms with Crippen LogP contribution in [0.5, 0.6) is 0 Å². The largest absolute Gasteiger partial charge is 0.348 e. The van der Waals surface area contributed by atoms with Gasteiger partial charge in [0.15, 0.2) is 0 Å². The summed E-state index contributed by atoms with van der Waals surface area (Å²) in [5.74, 6) is -0.781. The molecular formula is C23H21BrCl2N4O3. The Balaban J connectivity index is 1.69. The van der Waals surface area contributed by atoms with E-state index in [2.05, 4.69) is 40.1 Å². The Labute approximate surface area is 208 Å². The Morgan fingerprint density at radius 2 is 1.85 bits per heavy atom. The average Bonchev–Trinajstić information content (AvgIpc) is 2.75. The summed E-state index contributed by atoms with van der Waals surface area (Å²) in [6, 6.07) is 8.43. The van der Waals surface area contributed by atoms with Crippen LogP contribution in [0, 0.1) is 5.41 Å². The van der Waals surface area contributed by atoms with Crippen LogP contribution in [0.4, 0.5) is 0 Å². The maximum atomic E-state index is 13.3. The van der Waals surface area contributed by atoms with Gasteiger partial charge in [0.25, 0.3) is 11.5 Å². The molecule has 0 bridgehead atoms. The molecule has 1 saturated heterocycles. The second kappa shape index (κ2) is 9.08.